The summed E-state index contributed by atoms with van der Waals surface area (Å²) in [5.74, 6) is 1.33. The molecule has 56 heavy (non-hydrogen) atoms. The molecule has 0 radical (unpaired) electrons. The summed E-state index contributed by atoms with van der Waals surface area (Å²) in [5.41, 5.74) is 2.17. The Kier molecular flexibility index (Phi) is 9.31. The van der Waals surface area contributed by atoms with Gasteiger partial charge in [-0.15, -0.1) is 0 Å². The fourth-order valence-electron chi connectivity index (χ4n) is 8.71. The standard InChI is InChI=1S/C42H54N8O6/c1-39(2,3)55-37(53)47-41(17-9-18-41)35(51)49-21-7-11-31(49)33-43-27-15-13-25(23-29(27)45-33)26-14-16-28-30(24-26)46-34(44-28)32-12-8-22-50(32)36(52)42(19-10-20-42)48-38(54)56-40(4,5)6/h13-16,23-24,31-32H,7-12,17-22H2,1-6H3,(H,43,45)(H,44,46)(H,47,53)(H,48,54)/t31-,32-/m0/s1. The van der Waals surface area contributed by atoms with Gasteiger partial charge in [-0.05, 0) is 141 Å². The van der Waals surface area contributed by atoms with Gasteiger partial charge >= 0.3 is 12.2 Å². The summed E-state index contributed by atoms with van der Waals surface area (Å²) in [6, 6.07) is 11.8. The number of alkyl carbamates (subject to hydrolysis) is 2. The molecule has 8 rings (SSSR count). The topological polar surface area (TPSA) is 175 Å². The highest BCUT2D eigenvalue weighted by Crippen LogP contribution is 2.42. The SMILES string of the molecule is CC(C)(C)OC(=O)NC1(C(=O)N2CCC[C@H]2c2nc3ccc(-c4ccc5nc([C@@H]6CCCN6C(=O)C6(NC(=O)OC(C)(C)C)CCC6)[nH]c5c4)cc3[nH]2)CCC1. The van der Waals surface area contributed by atoms with Crippen LogP contribution in [-0.4, -0.2) is 89.1 Å². The number of hydrogen-bond acceptors (Lipinski definition) is 8. The van der Waals surface area contributed by atoms with Gasteiger partial charge in [0.1, 0.15) is 33.9 Å². The first-order chi connectivity index (χ1) is 26.5. The zero-order valence-corrected chi connectivity index (χ0v) is 33.3. The molecular weight excluding hydrogens is 713 g/mol. The van der Waals surface area contributed by atoms with Gasteiger partial charge in [-0.3, -0.25) is 9.59 Å². The van der Waals surface area contributed by atoms with Crippen LogP contribution in [-0.2, 0) is 19.1 Å². The van der Waals surface area contributed by atoms with Gasteiger partial charge in [0.2, 0.25) is 11.8 Å². The van der Waals surface area contributed by atoms with E-state index >= 15 is 0 Å². The number of aromatic nitrogens is 4. The summed E-state index contributed by atoms with van der Waals surface area (Å²) in [5, 5.41) is 5.84. The van der Waals surface area contributed by atoms with Gasteiger partial charge in [-0.1, -0.05) is 12.1 Å². The van der Waals surface area contributed by atoms with E-state index in [0.29, 0.717) is 38.8 Å². The molecule has 4 amide bonds. The zero-order valence-electron chi connectivity index (χ0n) is 33.3. The summed E-state index contributed by atoms with van der Waals surface area (Å²) in [6.45, 7) is 12.1. The Bertz CT molecular complexity index is 2030. The zero-order chi connectivity index (χ0) is 39.6. The van der Waals surface area contributed by atoms with Crippen molar-refractivity contribution >= 4 is 46.1 Å². The van der Waals surface area contributed by atoms with Crippen LogP contribution in [0.5, 0.6) is 0 Å². The minimum atomic E-state index is -0.946. The molecule has 14 nitrogen and oxygen atoms in total. The Labute approximate surface area is 326 Å². The number of rotatable bonds is 7. The number of ether oxygens (including phenoxy) is 2. The number of carbonyl (C=O) groups excluding carboxylic acids is 4. The number of H-pyrrole nitrogens is 2. The van der Waals surface area contributed by atoms with Gasteiger partial charge in [-0.25, -0.2) is 19.6 Å². The number of hydrogen-bond donors (Lipinski definition) is 4. The summed E-state index contributed by atoms with van der Waals surface area (Å²) in [4.78, 5) is 74.2. The van der Waals surface area contributed by atoms with E-state index in [4.69, 9.17) is 19.4 Å². The first-order valence-electron chi connectivity index (χ1n) is 20.2. The lowest BCUT2D eigenvalue weighted by atomic mass is 9.75. The fourth-order valence-corrected chi connectivity index (χ4v) is 8.71. The predicted molar refractivity (Wildman–Crippen MR) is 210 cm³/mol. The van der Waals surface area contributed by atoms with Gasteiger partial charge < -0.3 is 39.9 Å². The average Bonchev–Trinajstić information content (AvgIpc) is 3.90. The number of amides is 4. The van der Waals surface area contributed by atoms with Crippen molar-refractivity contribution in [1.82, 2.24) is 40.4 Å². The van der Waals surface area contributed by atoms with Gasteiger partial charge in [-0.2, -0.15) is 0 Å². The van der Waals surface area contributed by atoms with Crippen LogP contribution in [0.2, 0.25) is 0 Å². The maximum atomic E-state index is 14.0. The third-order valence-corrected chi connectivity index (χ3v) is 11.7. The molecule has 2 aliphatic heterocycles. The van der Waals surface area contributed by atoms with Crippen LogP contribution in [0.15, 0.2) is 36.4 Å². The smallest absolute Gasteiger partial charge is 0.408 e. The number of likely N-dealkylation sites (tertiary alicyclic amines) is 2. The van der Waals surface area contributed by atoms with Crippen LogP contribution in [0, 0.1) is 0 Å². The molecule has 4 aliphatic rings. The van der Waals surface area contributed by atoms with E-state index in [-0.39, 0.29) is 23.9 Å². The first-order valence-corrected chi connectivity index (χ1v) is 20.2. The minimum absolute atomic E-state index is 0.0735. The molecule has 2 aliphatic carbocycles. The molecule has 298 valence electrons. The van der Waals surface area contributed by atoms with E-state index < -0.39 is 34.5 Å². The molecule has 0 spiro atoms. The highest BCUT2D eigenvalue weighted by Gasteiger charge is 2.52. The van der Waals surface area contributed by atoms with Crippen molar-refractivity contribution in [3.8, 4) is 11.1 Å². The van der Waals surface area contributed by atoms with Crippen molar-refractivity contribution in [1.29, 1.82) is 0 Å². The second-order valence-corrected chi connectivity index (χ2v) is 18.1. The molecule has 2 atom stereocenters. The second kappa shape index (κ2) is 13.8. The largest absolute Gasteiger partial charge is 0.444 e. The van der Waals surface area contributed by atoms with Crippen molar-refractivity contribution < 1.29 is 28.7 Å². The van der Waals surface area contributed by atoms with Gasteiger partial charge in [0.25, 0.3) is 0 Å². The molecule has 4 heterocycles. The predicted octanol–water partition coefficient (Wildman–Crippen LogP) is 7.33. The van der Waals surface area contributed by atoms with E-state index in [0.717, 1.165) is 83.4 Å². The van der Waals surface area contributed by atoms with Crippen LogP contribution in [0.25, 0.3) is 33.2 Å². The summed E-state index contributed by atoms with van der Waals surface area (Å²) in [6.07, 6.45) is 6.23. The number of aromatic amines is 2. The van der Waals surface area contributed by atoms with E-state index in [2.05, 4.69) is 32.7 Å². The number of nitrogens with one attached hydrogen (secondary N) is 4. The van der Waals surface area contributed by atoms with Crippen molar-refractivity contribution in [3.05, 3.63) is 48.0 Å². The number of fused-ring (bicyclic) bond motifs is 2. The Hall–Kier alpha value is -5.14. The minimum Gasteiger partial charge on any atom is -0.444 e. The van der Waals surface area contributed by atoms with E-state index in [1.165, 1.54) is 0 Å². The lowest BCUT2D eigenvalue weighted by Crippen LogP contribution is -2.63. The van der Waals surface area contributed by atoms with Crippen LogP contribution in [0.1, 0.15) is 129 Å². The summed E-state index contributed by atoms with van der Waals surface area (Å²) >= 11 is 0. The molecule has 4 aromatic rings. The molecule has 2 aromatic carbocycles. The van der Waals surface area contributed by atoms with Crippen LogP contribution < -0.4 is 10.6 Å². The Balaban J connectivity index is 0.986. The lowest BCUT2D eigenvalue weighted by molar-refractivity contribution is -0.143. The fraction of sp³-hybridized carbons (Fsp3) is 0.571. The number of carbonyl (C=O) groups is 4. The quantitative estimate of drug-likeness (QED) is 0.151. The number of imidazole rings is 2. The molecule has 0 bridgehead atoms. The van der Waals surface area contributed by atoms with Crippen molar-refractivity contribution in [2.75, 3.05) is 13.1 Å². The second-order valence-electron chi connectivity index (χ2n) is 18.1. The molecule has 2 aromatic heterocycles. The molecule has 0 unspecified atom stereocenters. The molecule has 14 heteroatoms. The van der Waals surface area contributed by atoms with E-state index in [9.17, 15) is 19.2 Å². The van der Waals surface area contributed by atoms with Crippen LogP contribution in [0.3, 0.4) is 0 Å². The third-order valence-electron chi connectivity index (χ3n) is 11.7. The number of nitrogens with zero attached hydrogens (tertiary/aromatic N) is 4. The molecule has 2 saturated heterocycles. The highest BCUT2D eigenvalue weighted by molar-refractivity contribution is 5.93. The van der Waals surface area contributed by atoms with Gasteiger partial charge in [0.05, 0.1) is 34.2 Å². The van der Waals surface area contributed by atoms with Crippen molar-refractivity contribution in [2.45, 2.75) is 140 Å². The highest BCUT2D eigenvalue weighted by atomic mass is 16.6. The Morgan fingerprint density at radius 2 is 1.04 bits per heavy atom. The average molecular weight is 767 g/mol. The molecule has 4 fully saturated rings. The molecule has 4 N–H and O–H groups in total. The lowest BCUT2D eigenvalue weighted by Gasteiger charge is -2.44. The van der Waals surface area contributed by atoms with Crippen molar-refractivity contribution in [2.24, 2.45) is 0 Å². The normalized spacial score (nSPS) is 21.8. The van der Waals surface area contributed by atoms with Crippen LogP contribution >= 0.6 is 0 Å². The maximum absolute atomic E-state index is 14.0. The van der Waals surface area contributed by atoms with Gasteiger partial charge in [0, 0.05) is 13.1 Å². The number of benzene rings is 2. The summed E-state index contributed by atoms with van der Waals surface area (Å²) < 4.78 is 11.0. The maximum Gasteiger partial charge on any atom is 0.408 e. The third kappa shape index (κ3) is 7.18. The monoisotopic (exact) mass is 766 g/mol. The molecular formula is C42H54N8O6. The van der Waals surface area contributed by atoms with Crippen molar-refractivity contribution in [3.63, 3.8) is 0 Å². The van der Waals surface area contributed by atoms with E-state index in [1.807, 2.05) is 75.6 Å². The first kappa shape index (κ1) is 37.8. The summed E-state index contributed by atoms with van der Waals surface area (Å²) in [7, 11) is 0. The van der Waals surface area contributed by atoms with E-state index in [1.54, 1.807) is 0 Å². The molecule has 2 saturated carbocycles. The van der Waals surface area contributed by atoms with Gasteiger partial charge in [0.15, 0.2) is 0 Å². The van der Waals surface area contributed by atoms with Crippen LogP contribution in [0.4, 0.5) is 9.59 Å². The Morgan fingerprint density at radius 3 is 1.38 bits per heavy atom. The Morgan fingerprint density at radius 1 is 0.643 bits per heavy atom.